The van der Waals surface area contributed by atoms with Crippen LogP contribution in [0.3, 0.4) is 0 Å². The molecule has 0 aliphatic carbocycles. The third-order valence-electron chi connectivity index (χ3n) is 3.78. The van der Waals surface area contributed by atoms with E-state index in [1.165, 1.54) is 12.1 Å². The van der Waals surface area contributed by atoms with Crippen molar-refractivity contribution < 1.29 is 23.1 Å². The van der Waals surface area contributed by atoms with Gasteiger partial charge in [-0.25, -0.2) is 0 Å². The molecule has 1 N–H and O–H groups in total. The van der Waals surface area contributed by atoms with Crippen molar-refractivity contribution in [3.05, 3.63) is 58.6 Å². The summed E-state index contributed by atoms with van der Waals surface area (Å²) < 4.78 is 38.8. The van der Waals surface area contributed by atoms with Crippen LogP contribution in [-0.4, -0.2) is 11.1 Å². The Morgan fingerprint density at radius 3 is 2.08 bits per heavy atom. The predicted molar refractivity (Wildman–Crippen MR) is 87.0 cm³/mol. The van der Waals surface area contributed by atoms with Crippen LogP contribution in [0.1, 0.15) is 25.0 Å². The molecule has 0 saturated carbocycles. The maximum Gasteiger partial charge on any atom is 0.417 e. The van der Waals surface area contributed by atoms with E-state index in [9.17, 15) is 18.0 Å². The first-order chi connectivity index (χ1) is 11.0. The summed E-state index contributed by atoms with van der Waals surface area (Å²) in [6.07, 6.45) is -4.18. The molecule has 0 spiro atoms. The molecule has 6 heteroatoms. The van der Waals surface area contributed by atoms with Gasteiger partial charge < -0.3 is 5.11 Å². The van der Waals surface area contributed by atoms with E-state index in [2.05, 4.69) is 0 Å². The molecule has 128 valence electrons. The van der Waals surface area contributed by atoms with Gasteiger partial charge in [0.05, 0.1) is 16.0 Å². The van der Waals surface area contributed by atoms with Gasteiger partial charge in [0.25, 0.3) is 0 Å². The summed E-state index contributed by atoms with van der Waals surface area (Å²) in [7, 11) is 0. The quantitative estimate of drug-likeness (QED) is 0.765. The van der Waals surface area contributed by atoms with E-state index >= 15 is 0 Å². The van der Waals surface area contributed by atoms with Gasteiger partial charge in [-0.2, -0.15) is 13.2 Å². The van der Waals surface area contributed by atoms with Crippen LogP contribution >= 0.6 is 11.6 Å². The molecular formula is C18H16ClF3O2. The third kappa shape index (κ3) is 4.09. The van der Waals surface area contributed by atoms with Gasteiger partial charge in [-0.05, 0) is 49.1 Å². The number of aliphatic carboxylic acids is 1. The maximum absolute atomic E-state index is 12.9. The van der Waals surface area contributed by atoms with E-state index in [4.69, 9.17) is 16.7 Å². The number of hydrogen-bond acceptors (Lipinski definition) is 1. The highest BCUT2D eigenvalue weighted by molar-refractivity contribution is 6.31. The van der Waals surface area contributed by atoms with E-state index in [0.717, 1.165) is 11.6 Å². The van der Waals surface area contributed by atoms with E-state index in [-0.39, 0.29) is 5.02 Å². The molecule has 0 aromatic heterocycles. The molecule has 2 rings (SSSR count). The number of hydrogen-bond donors (Lipinski definition) is 1. The zero-order valence-corrected chi connectivity index (χ0v) is 13.9. The van der Waals surface area contributed by atoms with Crippen molar-refractivity contribution >= 4 is 17.6 Å². The maximum atomic E-state index is 12.9. The molecule has 0 bridgehead atoms. The largest absolute Gasteiger partial charge is 0.481 e. The van der Waals surface area contributed by atoms with Crippen molar-refractivity contribution in [2.45, 2.75) is 26.4 Å². The summed E-state index contributed by atoms with van der Waals surface area (Å²) in [4.78, 5) is 11.2. The molecule has 2 aromatic rings. The minimum absolute atomic E-state index is 0.330. The van der Waals surface area contributed by atoms with Gasteiger partial charge in [0.2, 0.25) is 0 Å². The second kappa shape index (κ2) is 6.48. The fraction of sp³-hybridized carbons (Fsp3) is 0.278. The highest BCUT2D eigenvalue weighted by Crippen LogP contribution is 2.37. The van der Waals surface area contributed by atoms with Crippen LogP contribution in [0.5, 0.6) is 0 Å². The molecule has 0 amide bonds. The molecule has 0 heterocycles. The first kappa shape index (κ1) is 18.3. The highest BCUT2D eigenvalue weighted by Gasteiger charge is 2.33. The van der Waals surface area contributed by atoms with Gasteiger partial charge in [-0.1, -0.05) is 41.9 Å². The molecule has 2 aromatic carbocycles. The SMILES string of the molecule is CC(C)(Cc1ccc(-c2ccc(Cl)c(C(F)(F)F)c2)cc1)C(=O)O. The molecular weight excluding hydrogens is 341 g/mol. The molecule has 0 unspecified atom stereocenters. The zero-order valence-electron chi connectivity index (χ0n) is 13.1. The Morgan fingerprint density at radius 1 is 1.04 bits per heavy atom. The molecule has 0 radical (unpaired) electrons. The lowest BCUT2D eigenvalue weighted by Crippen LogP contribution is -2.26. The van der Waals surface area contributed by atoms with Crippen LogP contribution in [0.2, 0.25) is 5.02 Å². The van der Waals surface area contributed by atoms with Gasteiger partial charge in [-0.3, -0.25) is 4.79 Å². The topological polar surface area (TPSA) is 37.3 Å². The Kier molecular flexibility index (Phi) is 4.95. The van der Waals surface area contributed by atoms with Gasteiger partial charge in [0.15, 0.2) is 0 Å². The summed E-state index contributed by atoms with van der Waals surface area (Å²) in [5, 5.41) is 8.81. The molecule has 0 atom stereocenters. The van der Waals surface area contributed by atoms with Gasteiger partial charge in [0.1, 0.15) is 0 Å². The molecule has 24 heavy (non-hydrogen) atoms. The van der Waals surface area contributed by atoms with E-state index < -0.39 is 23.1 Å². The van der Waals surface area contributed by atoms with Crippen molar-refractivity contribution in [2.75, 3.05) is 0 Å². The van der Waals surface area contributed by atoms with Crippen LogP contribution in [0.15, 0.2) is 42.5 Å². The van der Waals surface area contributed by atoms with Crippen molar-refractivity contribution in [3.63, 3.8) is 0 Å². The van der Waals surface area contributed by atoms with Gasteiger partial charge >= 0.3 is 12.1 Å². The number of rotatable bonds is 4. The molecule has 0 fully saturated rings. The van der Waals surface area contributed by atoms with E-state index in [0.29, 0.717) is 17.5 Å². The van der Waals surface area contributed by atoms with Gasteiger partial charge in [-0.15, -0.1) is 0 Å². The minimum atomic E-state index is -4.52. The Balaban J connectivity index is 2.30. The summed E-state index contributed by atoms with van der Waals surface area (Å²) in [5.41, 5.74) is 0.0179. The first-order valence-corrected chi connectivity index (χ1v) is 7.58. The van der Waals surface area contributed by atoms with Crippen LogP contribution in [0.4, 0.5) is 13.2 Å². The lowest BCUT2D eigenvalue weighted by atomic mass is 9.85. The average molecular weight is 357 g/mol. The lowest BCUT2D eigenvalue weighted by Gasteiger charge is -2.19. The Hall–Kier alpha value is -2.01. The van der Waals surface area contributed by atoms with Crippen LogP contribution < -0.4 is 0 Å². The smallest absolute Gasteiger partial charge is 0.417 e. The second-order valence-electron chi connectivity index (χ2n) is 6.26. The van der Waals surface area contributed by atoms with E-state index in [1.807, 2.05) is 0 Å². The monoisotopic (exact) mass is 356 g/mol. The van der Waals surface area contributed by atoms with Crippen molar-refractivity contribution in [1.29, 1.82) is 0 Å². The fourth-order valence-electron chi connectivity index (χ4n) is 2.32. The van der Waals surface area contributed by atoms with Crippen LogP contribution in [-0.2, 0) is 17.4 Å². The van der Waals surface area contributed by atoms with Crippen LogP contribution in [0.25, 0.3) is 11.1 Å². The van der Waals surface area contributed by atoms with E-state index in [1.54, 1.807) is 38.1 Å². The zero-order chi connectivity index (χ0) is 18.1. The molecule has 2 nitrogen and oxygen atoms in total. The Morgan fingerprint density at radius 2 is 1.58 bits per heavy atom. The van der Waals surface area contributed by atoms with Crippen molar-refractivity contribution in [2.24, 2.45) is 5.41 Å². The molecule has 0 aliphatic rings. The summed E-state index contributed by atoms with van der Waals surface area (Å²) in [6, 6.07) is 10.6. The predicted octanol–water partition coefficient (Wildman–Crippen LogP) is 5.68. The number of benzene rings is 2. The molecule has 0 aliphatic heterocycles. The lowest BCUT2D eigenvalue weighted by molar-refractivity contribution is -0.146. The fourth-order valence-corrected chi connectivity index (χ4v) is 2.55. The summed E-state index contributed by atoms with van der Waals surface area (Å²) >= 11 is 5.62. The minimum Gasteiger partial charge on any atom is -0.481 e. The number of carboxylic acid groups (broad SMARTS) is 1. The average Bonchev–Trinajstić information content (AvgIpc) is 2.47. The standard InChI is InChI=1S/C18H16ClF3O2/c1-17(2,16(23)24)10-11-3-5-12(6-4-11)13-7-8-15(19)14(9-13)18(20,21)22/h3-9H,10H2,1-2H3,(H,23,24). The summed E-state index contributed by atoms with van der Waals surface area (Å²) in [6.45, 7) is 3.25. The number of carbonyl (C=O) groups is 1. The van der Waals surface area contributed by atoms with Crippen molar-refractivity contribution in [1.82, 2.24) is 0 Å². The van der Waals surface area contributed by atoms with Crippen LogP contribution in [0, 0.1) is 5.41 Å². The summed E-state index contributed by atoms with van der Waals surface area (Å²) in [5.74, 6) is -0.904. The normalized spacial score (nSPS) is 12.2. The molecule has 0 saturated heterocycles. The Bertz CT molecular complexity index is 750. The number of carboxylic acids is 1. The second-order valence-corrected chi connectivity index (χ2v) is 6.66. The number of alkyl halides is 3. The highest BCUT2D eigenvalue weighted by atomic mass is 35.5. The third-order valence-corrected chi connectivity index (χ3v) is 4.11. The number of halogens is 4. The van der Waals surface area contributed by atoms with Gasteiger partial charge in [0, 0.05) is 0 Å². The Labute approximate surface area is 142 Å². The first-order valence-electron chi connectivity index (χ1n) is 7.20. The van der Waals surface area contributed by atoms with Crippen molar-refractivity contribution in [3.8, 4) is 11.1 Å².